The molecule has 42 heavy (non-hydrogen) atoms. The van der Waals surface area contributed by atoms with Crippen molar-refractivity contribution < 1.29 is 19.8 Å². The molecule has 4 nitrogen and oxygen atoms in total. The van der Waals surface area contributed by atoms with Crippen molar-refractivity contribution in [3.63, 3.8) is 0 Å². The number of carboxylic acids is 2. The molecule has 0 bridgehead atoms. The average Bonchev–Trinajstić information content (AvgIpc) is 2.96. The summed E-state index contributed by atoms with van der Waals surface area (Å²) in [7, 11) is 0. The van der Waals surface area contributed by atoms with Gasteiger partial charge in [-0.25, -0.2) is 0 Å². The van der Waals surface area contributed by atoms with Gasteiger partial charge in [0.1, 0.15) is 0 Å². The second-order valence-electron chi connectivity index (χ2n) is 13.0. The number of rotatable bonds is 33. The minimum absolute atomic E-state index is 0.243. The molecule has 0 rings (SSSR count). The van der Waals surface area contributed by atoms with Gasteiger partial charge in [0, 0.05) is 0 Å². The molecule has 0 amide bonds. The molecule has 0 aliphatic rings. The van der Waals surface area contributed by atoms with E-state index in [1.54, 1.807) is 5.57 Å². The second-order valence-corrected chi connectivity index (χ2v) is 13.0. The zero-order valence-electron chi connectivity index (χ0n) is 28.4. The van der Waals surface area contributed by atoms with Gasteiger partial charge in [-0.3, -0.25) is 9.59 Å². The summed E-state index contributed by atoms with van der Waals surface area (Å²) in [5, 5.41) is 18.2. The molecule has 0 aromatic heterocycles. The zero-order chi connectivity index (χ0) is 31.1. The Morgan fingerprint density at radius 2 is 0.833 bits per heavy atom. The Kier molecular flexibility index (Phi) is 30.1. The highest BCUT2D eigenvalue weighted by atomic mass is 16.4. The first-order chi connectivity index (χ1) is 20.5. The number of allylic oxidation sites excluding steroid dienone is 2. The lowest BCUT2D eigenvalue weighted by Gasteiger charge is -2.22. The first-order valence-corrected chi connectivity index (χ1v) is 18.6. The number of aliphatic carboxylic acids is 2. The van der Waals surface area contributed by atoms with Crippen LogP contribution in [-0.2, 0) is 9.59 Å². The van der Waals surface area contributed by atoms with Crippen molar-refractivity contribution >= 4 is 11.9 Å². The van der Waals surface area contributed by atoms with Gasteiger partial charge in [-0.1, -0.05) is 174 Å². The highest BCUT2D eigenvalue weighted by Crippen LogP contribution is 2.30. The van der Waals surface area contributed by atoms with Crippen LogP contribution in [-0.4, -0.2) is 22.2 Å². The monoisotopic (exact) mass is 593 g/mol. The predicted octanol–water partition coefficient (Wildman–Crippen LogP) is 12.7. The maximum absolute atomic E-state index is 11.1. The smallest absolute Gasteiger partial charge is 0.317 e. The Bertz CT molecular complexity index is 627. The maximum atomic E-state index is 11.1. The van der Waals surface area contributed by atoms with Crippen molar-refractivity contribution in [1.29, 1.82) is 0 Å². The van der Waals surface area contributed by atoms with E-state index in [1.165, 1.54) is 154 Å². The fourth-order valence-corrected chi connectivity index (χ4v) is 6.28. The van der Waals surface area contributed by atoms with Crippen molar-refractivity contribution in [2.45, 2.75) is 207 Å². The highest BCUT2D eigenvalue weighted by Gasteiger charge is 2.24. The van der Waals surface area contributed by atoms with E-state index in [0.717, 1.165) is 25.2 Å². The minimum atomic E-state index is -1.25. The summed E-state index contributed by atoms with van der Waals surface area (Å²) in [5.41, 5.74) is 1.74. The first-order valence-electron chi connectivity index (χ1n) is 18.6. The quantitative estimate of drug-likeness (QED) is 0.0451. The van der Waals surface area contributed by atoms with Gasteiger partial charge in [-0.05, 0) is 50.9 Å². The standard InChI is InChI=1S/C38H72O4/c1-4-7-10-13-16-20-25-30-34(29-24-19-15-12-9-6-3)35(31-26-21-17-14-11-8-5-2)32-27-22-18-23-28-33-36(37(39)40)38(41)42/h31,34,36H,4-30,32-33H2,1-3H3,(H,39,40)(H,41,42). The number of unbranched alkanes of at least 4 members (excludes halogenated alkanes) is 21. The summed E-state index contributed by atoms with van der Waals surface area (Å²) in [6, 6.07) is 0. The molecule has 0 heterocycles. The van der Waals surface area contributed by atoms with E-state index in [1.807, 2.05) is 0 Å². The van der Waals surface area contributed by atoms with Gasteiger partial charge in [-0.2, -0.15) is 0 Å². The van der Waals surface area contributed by atoms with Crippen molar-refractivity contribution in [1.82, 2.24) is 0 Å². The van der Waals surface area contributed by atoms with Crippen LogP contribution in [0.2, 0.25) is 0 Å². The molecule has 0 aliphatic heterocycles. The SMILES string of the molecule is CCCCCCCCC=C(CCCCCCCC(C(=O)O)C(=O)O)C(CCCCCCCC)CCCCCCCCC. The summed E-state index contributed by atoms with van der Waals surface area (Å²) >= 11 is 0. The van der Waals surface area contributed by atoms with Crippen molar-refractivity contribution in [2.24, 2.45) is 11.8 Å². The van der Waals surface area contributed by atoms with Crippen LogP contribution in [0.4, 0.5) is 0 Å². The Morgan fingerprint density at radius 1 is 0.476 bits per heavy atom. The van der Waals surface area contributed by atoms with Crippen molar-refractivity contribution in [2.75, 3.05) is 0 Å². The molecule has 2 N–H and O–H groups in total. The normalized spacial score (nSPS) is 12.7. The van der Waals surface area contributed by atoms with Gasteiger partial charge in [0.15, 0.2) is 5.92 Å². The van der Waals surface area contributed by atoms with Crippen LogP contribution >= 0.6 is 0 Å². The van der Waals surface area contributed by atoms with Crippen LogP contribution in [0.3, 0.4) is 0 Å². The molecule has 0 saturated heterocycles. The molecule has 1 atom stereocenters. The van der Waals surface area contributed by atoms with Gasteiger partial charge < -0.3 is 10.2 Å². The molecule has 0 saturated carbocycles. The van der Waals surface area contributed by atoms with E-state index in [4.69, 9.17) is 10.2 Å². The predicted molar refractivity (Wildman–Crippen MR) is 181 cm³/mol. The number of hydrogen-bond donors (Lipinski definition) is 2. The van der Waals surface area contributed by atoms with Crippen LogP contribution in [0.1, 0.15) is 207 Å². The number of carboxylic acid groups (broad SMARTS) is 2. The number of carbonyl (C=O) groups is 2. The summed E-state index contributed by atoms with van der Waals surface area (Å²) in [4.78, 5) is 22.3. The van der Waals surface area contributed by atoms with Gasteiger partial charge in [0.2, 0.25) is 0 Å². The molecule has 0 aromatic carbocycles. The number of hydrogen-bond acceptors (Lipinski definition) is 2. The molecule has 0 radical (unpaired) electrons. The lowest BCUT2D eigenvalue weighted by molar-refractivity contribution is -0.154. The Morgan fingerprint density at radius 3 is 1.26 bits per heavy atom. The van der Waals surface area contributed by atoms with E-state index in [0.29, 0.717) is 6.42 Å². The molecular weight excluding hydrogens is 520 g/mol. The van der Waals surface area contributed by atoms with Crippen LogP contribution < -0.4 is 0 Å². The molecule has 4 heteroatoms. The topological polar surface area (TPSA) is 74.6 Å². The fourth-order valence-electron chi connectivity index (χ4n) is 6.28. The van der Waals surface area contributed by atoms with Gasteiger partial charge in [0.25, 0.3) is 0 Å². The molecule has 0 spiro atoms. The lowest BCUT2D eigenvalue weighted by Crippen LogP contribution is -2.23. The minimum Gasteiger partial charge on any atom is -0.481 e. The van der Waals surface area contributed by atoms with E-state index in [-0.39, 0.29) is 6.42 Å². The average molecular weight is 593 g/mol. The molecule has 0 fully saturated rings. The lowest BCUT2D eigenvalue weighted by atomic mass is 9.84. The molecular formula is C38H72O4. The van der Waals surface area contributed by atoms with E-state index >= 15 is 0 Å². The van der Waals surface area contributed by atoms with E-state index in [9.17, 15) is 9.59 Å². The third-order valence-corrected chi connectivity index (χ3v) is 9.11. The fraction of sp³-hybridized carbons (Fsp3) is 0.895. The molecule has 248 valence electrons. The Labute approximate surface area is 261 Å². The third-order valence-electron chi connectivity index (χ3n) is 9.11. The first kappa shape index (κ1) is 40.7. The molecule has 0 aliphatic carbocycles. The van der Waals surface area contributed by atoms with Crippen molar-refractivity contribution in [3.8, 4) is 0 Å². The van der Waals surface area contributed by atoms with Gasteiger partial charge in [0.05, 0.1) is 0 Å². The molecule has 0 aromatic rings. The van der Waals surface area contributed by atoms with Gasteiger partial charge >= 0.3 is 11.9 Å². The van der Waals surface area contributed by atoms with Crippen LogP contribution in [0.15, 0.2) is 11.6 Å². The Hall–Kier alpha value is -1.32. The van der Waals surface area contributed by atoms with E-state index in [2.05, 4.69) is 26.8 Å². The summed E-state index contributed by atoms with van der Waals surface area (Å²) < 4.78 is 0. The Balaban J connectivity index is 4.95. The summed E-state index contributed by atoms with van der Waals surface area (Å²) in [5.74, 6) is -2.92. The van der Waals surface area contributed by atoms with Crippen LogP contribution in [0.25, 0.3) is 0 Å². The summed E-state index contributed by atoms with van der Waals surface area (Å²) in [6.45, 7) is 6.87. The largest absolute Gasteiger partial charge is 0.481 e. The zero-order valence-corrected chi connectivity index (χ0v) is 28.4. The second kappa shape index (κ2) is 31.1. The summed E-state index contributed by atoms with van der Waals surface area (Å²) in [6.07, 6.45) is 39.0. The van der Waals surface area contributed by atoms with Crippen molar-refractivity contribution in [3.05, 3.63) is 11.6 Å². The van der Waals surface area contributed by atoms with Crippen LogP contribution in [0, 0.1) is 11.8 Å². The molecule has 1 unspecified atom stereocenters. The highest BCUT2D eigenvalue weighted by molar-refractivity contribution is 5.92. The third kappa shape index (κ3) is 25.2. The van der Waals surface area contributed by atoms with E-state index < -0.39 is 17.9 Å². The van der Waals surface area contributed by atoms with Gasteiger partial charge in [-0.15, -0.1) is 0 Å². The van der Waals surface area contributed by atoms with Crippen LogP contribution in [0.5, 0.6) is 0 Å². The maximum Gasteiger partial charge on any atom is 0.317 e.